The van der Waals surface area contributed by atoms with Crippen LogP contribution in [0.2, 0.25) is 0 Å². The lowest BCUT2D eigenvalue weighted by atomic mass is 9.98. The average molecular weight is 276 g/mol. The van der Waals surface area contributed by atoms with Crippen molar-refractivity contribution in [2.45, 2.75) is 51.6 Å². The highest BCUT2D eigenvalue weighted by atomic mass is 15.3. The summed E-state index contributed by atoms with van der Waals surface area (Å²) >= 11 is 0. The summed E-state index contributed by atoms with van der Waals surface area (Å²) in [4.78, 5) is 2.72. The molecule has 1 saturated carbocycles. The second kappa shape index (κ2) is 6.27. The first-order valence-electron chi connectivity index (χ1n) is 8.22. The van der Waals surface area contributed by atoms with Crippen LogP contribution in [0.25, 0.3) is 0 Å². The van der Waals surface area contributed by atoms with E-state index in [0.29, 0.717) is 0 Å². The van der Waals surface area contributed by atoms with E-state index in [0.717, 1.165) is 24.9 Å². The molecule has 1 aromatic rings. The Morgan fingerprint density at radius 1 is 1.40 bits per heavy atom. The zero-order valence-corrected chi connectivity index (χ0v) is 12.9. The maximum atomic E-state index is 4.59. The Balaban J connectivity index is 1.64. The second-order valence-electron chi connectivity index (χ2n) is 6.50. The van der Waals surface area contributed by atoms with E-state index in [1.165, 1.54) is 56.6 Å². The quantitative estimate of drug-likeness (QED) is 0.862. The number of aromatic nitrogens is 2. The van der Waals surface area contributed by atoms with Gasteiger partial charge in [0, 0.05) is 37.9 Å². The SMILES string of the molecule is CCc1nn(C)cc1CN(CC1CCCNC1)C1CC1. The lowest BCUT2D eigenvalue weighted by Crippen LogP contribution is -2.39. The smallest absolute Gasteiger partial charge is 0.0666 e. The molecule has 4 nitrogen and oxygen atoms in total. The minimum Gasteiger partial charge on any atom is -0.316 e. The summed E-state index contributed by atoms with van der Waals surface area (Å²) in [5, 5.41) is 8.13. The lowest BCUT2D eigenvalue weighted by Gasteiger charge is -2.30. The second-order valence-corrected chi connectivity index (χ2v) is 6.50. The van der Waals surface area contributed by atoms with Crippen molar-refractivity contribution in [1.82, 2.24) is 20.0 Å². The summed E-state index contributed by atoms with van der Waals surface area (Å²) in [5.74, 6) is 0.839. The highest BCUT2D eigenvalue weighted by molar-refractivity contribution is 5.17. The van der Waals surface area contributed by atoms with Gasteiger partial charge in [0.05, 0.1) is 5.69 Å². The number of nitrogens with one attached hydrogen (secondary N) is 1. The molecule has 1 saturated heterocycles. The first-order valence-corrected chi connectivity index (χ1v) is 8.22. The Morgan fingerprint density at radius 2 is 2.25 bits per heavy atom. The summed E-state index contributed by atoms with van der Waals surface area (Å²) in [6.07, 6.45) is 8.77. The van der Waals surface area contributed by atoms with Crippen LogP contribution in [0.5, 0.6) is 0 Å². The van der Waals surface area contributed by atoms with Gasteiger partial charge in [0.2, 0.25) is 0 Å². The van der Waals surface area contributed by atoms with Crippen LogP contribution >= 0.6 is 0 Å². The van der Waals surface area contributed by atoms with Gasteiger partial charge in [0.15, 0.2) is 0 Å². The largest absolute Gasteiger partial charge is 0.316 e. The van der Waals surface area contributed by atoms with Crippen molar-refractivity contribution < 1.29 is 0 Å². The molecule has 1 atom stereocenters. The molecule has 4 heteroatoms. The van der Waals surface area contributed by atoms with E-state index in [1.54, 1.807) is 0 Å². The topological polar surface area (TPSA) is 33.1 Å². The minimum atomic E-state index is 0.835. The monoisotopic (exact) mass is 276 g/mol. The summed E-state index contributed by atoms with van der Waals surface area (Å²) < 4.78 is 1.97. The molecule has 0 bridgehead atoms. The fraction of sp³-hybridized carbons (Fsp3) is 0.812. The van der Waals surface area contributed by atoms with Crippen molar-refractivity contribution in [3.05, 3.63) is 17.5 Å². The Bertz CT molecular complexity index is 430. The molecule has 1 aliphatic carbocycles. The Kier molecular flexibility index (Phi) is 4.41. The molecule has 2 heterocycles. The van der Waals surface area contributed by atoms with Crippen LogP contribution in [0.4, 0.5) is 0 Å². The first-order chi connectivity index (χ1) is 9.76. The third kappa shape index (κ3) is 3.41. The van der Waals surface area contributed by atoms with Crippen LogP contribution in [0, 0.1) is 5.92 Å². The van der Waals surface area contributed by atoms with Crippen LogP contribution in [-0.4, -0.2) is 40.4 Å². The third-order valence-electron chi connectivity index (χ3n) is 4.66. The van der Waals surface area contributed by atoms with Gasteiger partial charge < -0.3 is 5.32 Å². The Morgan fingerprint density at radius 3 is 2.90 bits per heavy atom. The first kappa shape index (κ1) is 14.1. The maximum Gasteiger partial charge on any atom is 0.0666 e. The number of aryl methyl sites for hydroxylation is 2. The normalized spacial score (nSPS) is 23.4. The molecular weight excluding hydrogens is 248 g/mol. The van der Waals surface area contributed by atoms with Gasteiger partial charge in [-0.25, -0.2) is 0 Å². The average Bonchev–Trinajstić information content (AvgIpc) is 3.24. The molecular formula is C16H28N4. The molecule has 0 spiro atoms. The van der Waals surface area contributed by atoms with Crippen LogP contribution in [0.3, 0.4) is 0 Å². The highest BCUT2D eigenvalue weighted by Crippen LogP contribution is 2.30. The van der Waals surface area contributed by atoms with Crippen LogP contribution < -0.4 is 5.32 Å². The van der Waals surface area contributed by atoms with E-state index in [2.05, 4.69) is 28.4 Å². The fourth-order valence-electron chi connectivity index (χ4n) is 3.43. The van der Waals surface area contributed by atoms with Crippen molar-refractivity contribution >= 4 is 0 Å². The molecule has 2 fully saturated rings. The number of hydrogen-bond acceptors (Lipinski definition) is 3. The van der Waals surface area contributed by atoms with Crippen molar-refractivity contribution in [1.29, 1.82) is 0 Å². The molecule has 3 rings (SSSR count). The molecule has 1 aromatic heterocycles. The van der Waals surface area contributed by atoms with E-state index in [-0.39, 0.29) is 0 Å². The van der Waals surface area contributed by atoms with Crippen LogP contribution in [0.15, 0.2) is 6.20 Å². The maximum absolute atomic E-state index is 4.59. The molecule has 1 aliphatic heterocycles. The molecule has 20 heavy (non-hydrogen) atoms. The van der Waals surface area contributed by atoms with Crippen molar-refractivity contribution in [2.24, 2.45) is 13.0 Å². The van der Waals surface area contributed by atoms with E-state index < -0.39 is 0 Å². The summed E-state index contributed by atoms with van der Waals surface area (Å²) in [7, 11) is 2.04. The van der Waals surface area contributed by atoms with Crippen molar-refractivity contribution in [2.75, 3.05) is 19.6 Å². The minimum absolute atomic E-state index is 0.835. The van der Waals surface area contributed by atoms with E-state index in [9.17, 15) is 0 Å². The number of piperidine rings is 1. The molecule has 2 aliphatic rings. The molecule has 112 valence electrons. The Labute approximate surface area is 122 Å². The number of nitrogens with zero attached hydrogens (tertiary/aromatic N) is 3. The summed E-state index contributed by atoms with van der Waals surface area (Å²) in [6, 6.07) is 0.835. The van der Waals surface area contributed by atoms with Gasteiger partial charge >= 0.3 is 0 Å². The molecule has 0 aromatic carbocycles. The fourth-order valence-corrected chi connectivity index (χ4v) is 3.43. The lowest BCUT2D eigenvalue weighted by molar-refractivity contribution is 0.192. The van der Waals surface area contributed by atoms with Crippen molar-refractivity contribution in [3.8, 4) is 0 Å². The molecule has 1 N–H and O–H groups in total. The van der Waals surface area contributed by atoms with Crippen LogP contribution in [-0.2, 0) is 20.0 Å². The van der Waals surface area contributed by atoms with Gasteiger partial charge in [-0.05, 0) is 51.1 Å². The molecule has 0 radical (unpaired) electrons. The van der Waals surface area contributed by atoms with Gasteiger partial charge in [-0.15, -0.1) is 0 Å². The van der Waals surface area contributed by atoms with Gasteiger partial charge in [-0.2, -0.15) is 5.10 Å². The zero-order chi connectivity index (χ0) is 13.9. The zero-order valence-electron chi connectivity index (χ0n) is 12.9. The molecule has 1 unspecified atom stereocenters. The third-order valence-corrected chi connectivity index (χ3v) is 4.66. The van der Waals surface area contributed by atoms with Gasteiger partial charge in [0.25, 0.3) is 0 Å². The molecule has 0 amide bonds. The predicted molar refractivity (Wildman–Crippen MR) is 81.6 cm³/mol. The van der Waals surface area contributed by atoms with Gasteiger partial charge in [0.1, 0.15) is 0 Å². The van der Waals surface area contributed by atoms with Gasteiger partial charge in [-0.1, -0.05) is 6.92 Å². The standard InChI is InChI=1S/C16H28N4/c1-3-16-14(11-19(2)18-16)12-20(15-6-7-15)10-13-5-4-8-17-9-13/h11,13,15,17H,3-10,12H2,1-2H3. The Hall–Kier alpha value is -0.870. The van der Waals surface area contributed by atoms with E-state index in [4.69, 9.17) is 0 Å². The highest BCUT2D eigenvalue weighted by Gasteiger charge is 2.31. The summed E-state index contributed by atoms with van der Waals surface area (Å²) in [6.45, 7) is 6.98. The number of hydrogen-bond donors (Lipinski definition) is 1. The summed E-state index contributed by atoms with van der Waals surface area (Å²) in [5.41, 5.74) is 2.71. The van der Waals surface area contributed by atoms with E-state index in [1.807, 2.05) is 11.7 Å². The van der Waals surface area contributed by atoms with E-state index >= 15 is 0 Å². The van der Waals surface area contributed by atoms with Crippen molar-refractivity contribution in [3.63, 3.8) is 0 Å². The predicted octanol–water partition coefficient (Wildman–Crippen LogP) is 1.95. The number of rotatable bonds is 6. The van der Waals surface area contributed by atoms with Gasteiger partial charge in [-0.3, -0.25) is 9.58 Å². The van der Waals surface area contributed by atoms with Crippen LogP contribution in [0.1, 0.15) is 43.9 Å².